The normalized spacial score (nSPS) is 12.2. The third-order valence-corrected chi connectivity index (χ3v) is 3.69. The third-order valence-electron chi connectivity index (χ3n) is 3.41. The smallest absolute Gasteiger partial charge is 0.131 e. The van der Waals surface area contributed by atoms with Crippen molar-refractivity contribution in [2.24, 2.45) is 0 Å². The van der Waals surface area contributed by atoms with Gasteiger partial charge in [0.1, 0.15) is 11.5 Å². The van der Waals surface area contributed by atoms with Crippen LogP contribution >= 0.6 is 11.6 Å². The number of hydrogen-bond acceptors (Lipinski definition) is 1. The van der Waals surface area contributed by atoms with E-state index in [2.05, 4.69) is 26.0 Å². The standard InChI is InChI=1S/C17H19ClO/c1-3-13(2)14-8-10-16(11-9-14)19-17-7-5-4-6-15(17)12-18/h4-11,13H,3,12H2,1-2H3. The van der Waals surface area contributed by atoms with E-state index in [4.69, 9.17) is 16.3 Å². The molecular weight excluding hydrogens is 256 g/mol. The van der Waals surface area contributed by atoms with E-state index in [9.17, 15) is 0 Å². The minimum atomic E-state index is 0.459. The number of alkyl halides is 1. The van der Waals surface area contributed by atoms with Gasteiger partial charge in [0.25, 0.3) is 0 Å². The average Bonchev–Trinajstić information content (AvgIpc) is 2.48. The molecule has 0 amide bonds. The van der Waals surface area contributed by atoms with Gasteiger partial charge in [0, 0.05) is 5.56 Å². The van der Waals surface area contributed by atoms with E-state index in [0.29, 0.717) is 11.8 Å². The van der Waals surface area contributed by atoms with Crippen LogP contribution < -0.4 is 4.74 Å². The highest BCUT2D eigenvalue weighted by molar-refractivity contribution is 6.17. The van der Waals surface area contributed by atoms with E-state index in [1.54, 1.807) is 0 Å². The summed E-state index contributed by atoms with van der Waals surface area (Å²) in [6, 6.07) is 16.2. The van der Waals surface area contributed by atoms with Crippen molar-refractivity contribution in [1.29, 1.82) is 0 Å². The molecule has 0 N–H and O–H groups in total. The zero-order valence-electron chi connectivity index (χ0n) is 11.4. The first kappa shape index (κ1) is 14.0. The van der Waals surface area contributed by atoms with Crippen LogP contribution in [0.25, 0.3) is 0 Å². The highest BCUT2D eigenvalue weighted by Crippen LogP contribution is 2.28. The maximum atomic E-state index is 5.90. The summed E-state index contributed by atoms with van der Waals surface area (Å²) >= 11 is 5.90. The fourth-order valence-corrected chi connectivity index (χ4v) is 2.16. The van der Waals surface area contributed by atoms with Crippen LogP contribution in [0.15, 0.2) is 48.5 Å². The van der Waals surface area contributed by atoms with E-state index in [-0.39, 0.29) is 0 Å². The molecule has 0 aliphatic heterocycles. The lowest BCUT2D eigenvalue weighted by atomic mass is 9.99. The Morgan fingerprint density at radius 3 is 2.37 bits per heavy atom. The van der Waals surface area contributed by atoms with Crippen LogP contribution in [-0.2, 0) is 5.88 Å². The molecule has 2 aromatic carbocycles. The predicted octanol–water partition coefficient (Wildman–Crippen LogP) is 5.73. The van der Waals surface area contributed by atoms with Crippen molar-refractivity contribution >= 4 is 11.6 Å². The second kappa shape index (κ2) is 6.63. The Labute approximate surface area is 120 Å². The van der Waals surface area contributed by atoms with Crippen LogP contribution in [0.4, 0.5) is 0 Å². The maximum absolute atomic E-state index is 5.90. The minimum absolute atomic E-state index is 0.459. The average molecular weight is 275 g/mol. The Bertz CT molecular complexity index is 519. The van der Waals surface area contributed by atoms with E-state index in [1.807, 2.05) is 36.4 Å². The summed E-state index contributed by atoms with van der Waals surface area (Å²) in [6.45, 7) is 4.43. The molecule has 100 valence electrons. The van der Waals surface area contributed by atoms with Gasteiger partial charge in [-0.25, -0.2) is 0 Å². The molecule has 0 bridgehead atoms. The molecule has 0 aromatic heterocycles. The van der Waals surface area contributed by atoms with Crippen molar-refractivity contribution < 1.29 is 4.74 Å². The molecule has 0 radical (unpaired) electrons. The molecule has 1 atom stereocenters. The molecule has 0 spiro atoms. The van der Waals surface area contributed by atoms with E-state index in [0.717, 1.165) is 23.5 Å². The molecular formula is C17H19ClO. The molecule has 0 aliphatic rings. The number of hydrogen-bond donors (Lipinski definition) is 0. The van der Waals surface area contributed by atoms with Crippen LogP contribution in [0.5, 0.6) is 11.5 Å². The summed E-state index contributed by atoms with van der Waals surface area (Å²) in [6.07, 6.45) is 1.15. The van der Waals surface area contributed by atoms with E-state index < -0.39 is 0 Å². The summed E-state index contributed by atoms with van der Waals surface area (Å²) in [5, 5.41) is 0. The zero-order chi connectivity index (χ0) is 13.7. The first-order valence-electron chi connectivity index (χ1n) is 6.66. The summed E-state index contributed by atoms with van der Waals surface area (Å²) in [4.78, 5) is 0. The fourth-order valence-electron chi connectivity index (χ4n) is 1.94. The maximum Gasteiger partial charge on any atom is 0.131 e. The Kier molecular flexibility index (Phi) is 4.86. The van der Waals surface area contributed by atoms with Crippen molar-refractivity contribution in [2.45, 2.75) is 32.1 Å². The predicted molar refractivity (Wildman–Crippen MR) is 81.2 cm³/mol. The fraction of sp³-hybridized carbons (Fsp3) is 0.294. The first-order chi connectivity index (χ1) is 9.24. The lowest BCUT2D eigenvalue weighted by Crippen LogP contribution is -1.92. The highest BCUT2D eigenvalue weighted by atomic mass is 35.5. The number of para-hydroxylation sites is 1. The van der Waals surface area contributed by atoms with Gasteiger partial charge < -0.3 is 4.74 Å². The van der Waals surface area contributed by atoms with Gasteiger partial charge in [0.15, 0.2) is 0 Å². The van der Waals surface area contributed by atoms with Gasteiger partial charge in [-0.2, -0.15) is 0 Å². The third kappa shape index (κ3) is 3.51. The van der Waals surface area contributed by atoms with Gasteiger partial charge in [0.2, 0.25) is 0 Å². The van der Waals surface area contributed by atoms with Crippen molar-refractivity contribution in [3.05, 3.63) is 59.7 Å². The molecule has 0 saturated heterocycles. The van der Waals surface area contributed by atoms with Crippen LogP contribution in [0, 0.1) is 0 Å². The molecule has 1 nitrogen and oxygen atoms in total. The second-order valence-corrected chi connectivity index (χ2v) is 4.99. The number of rotatable bonds is 5. The van der Waals surface area contributed by atoms with Gasteiger partial charge >= 0.3 is 0 Å². The monoisotopic (exact) mass is 274 g/mol. The highest BCUT2D eigenvalue weighted by Gasteiger charge is 2.05. The molecule has 0 fully saturated rings. The molecule has 0 saturated carbocycles. The summed E-state index contributed by atoms with van der Waals surface area (Å²) in [5.41, 5.74) is 2.36. The van der Waals surface area contributed by atoms with Crippen LogP contribution in [-0.4, -0.2) is 0 Å². The molecule has 0 aliphatic carbocycles. The molecule has 2 aromatic rings. The lowest BCUT2D eigenvalue weighted by Gasteiger charge is -2.12. The van der Waals surface area contributed by atoms with Gasteiger partial charge in [-0.15, -0.1) is 11.6 Å². The van der Waals surface area contributed by atoms with Crippen LogP contribution in [0.1, 0.15) is 37.3 Å². The zero-order valence-corrected chi connectivity index (χ0v) is 12.2. The minimum Gasteiger partial charge on any atom is -0.457 e. The molecule has 19 heavy (non-hydrogen) atoms. The Morgan fingerprint density at radius 2 is 1.74 bits per heavy atom. The lowest BCUT2D eigenvalue weighted by molar-refractivity contribution is 0.478. The van der Waals surface area contributed by atoms with Crippen molar-refractivity contribution in [3.8, 4) is 11.5 Å². The Hall–Kier alpha value is -1.47. The van der Waals surface area contributed by atoms with Crippen molar-refractivity contribution in [2.75, 3.05) is 0 Å². The first-order valence-corrected chi connectivity index (χ1v) is 7.19. The molecule has 1 unspecified atom stereocenters. The molecule has 2 rings (SSSR count). The summed E-state index contributed by atoms with van der Waals surface area (Å²) in [7, 11) is 0. The second-order valence-electron chi connectivity index (χ2n) is 4.72. The van der Waals surface area contributed by atoms with Crippen LogP contribution in [0.3, 0.4) is 0 Å². The Balaban J connectivity index is 2.15. The largest absolute Gasteiger partial charge is 0.457 e. The number of benzene rings is 2. The van der Waals surface area contributed by atoms with Crippen LogP contribution in [0.2, 0.25) is 0 Å². The van der Waals surface area contributed by atoms with Gasteiger partial charge in [0.05, 0.1) is 5.88 Å². The van der Waals surface area contributed by atoms with E-state index in [1.165, 1.54) is 5.56 Å². The van der Waals surface area contributed by atoms with Crippen molar-refractivity contribution in [1.82, 2.24) is 0 Å². The Morgan fingerprint density at radius 1 is 1.05 bits per heavy atom. The summed E-state index contributed by atoms with van der Waals surface area (Å²) < 4.78 is 5.88. The van der Waals surface area contributed by atoms with Gasteiger partial charge in [-0.3, -0.25) is 0 Å². The quantitative estimate of drug-likeness (QED) is 0.633. The molecule has 2 heteroatoms. The van der Waals surface area contributed by atoms with E-state index >= 15 is 0 Å². The summed E-state index contributed by atoms with van der Waals surface area (Å²) in [5.74, 6) is 2.73. The molecule has 0 heterocycles. The van der Waals surface area contributed by atoms with Gasteiger partial charge in [-0.05, 0) is 36.1 Å². The van der Waals surface area contributed by atoms with Crippen molar-refractivity contribution in [3.63, 3.8) is 0 Å². The number of halogens is 1. The number of ether oxygens (including phenoxy) is 1. The SMILES string of the molecule is CCC(C)c1ccc(Oc2ccccc2CCl)cc1. The van der Waals surface area contributed by atoms with Gasteiger partial charge in [-0.1, -0.05) is 44.2 Å². The topological polar surface area (TPSA) is 9.23 Å².